The average molecular weight is 536 g/mol. The predicted molar refractivity (Wildman–Crippen MR) is 134 cm³/mol. The molecule has 0 saturated carbocycles. The van der Waals surface area contributed by atoms with E-state index in [9.17, 15) is 29.7 Å². The molecule has 0 heterocycles. The molecule has 0 spiro atoms. The third-order valence-electron chi connectivity index (χ3n) is 4.80. The van der Waals surface area contributed by atoms with Gasteiger partial charge in [-0.25, -0.2) is 0 Å². The molecule has 0 unspecified atom stereocenters. The van der Waals surface area contributed by atoms with Crippen LogP contribution in [0.5, 0.6) is 0 Å². The number of allylic oxidation sites excluding steroid dienone is 3. The van der Waals surface area contributed by atoms with Gasteiger partial charge in [-0.05, 0) is 36.0 Å². The van der Waals surface area contributed by atoms with Crippen molar-refractivity contribution in [3.05, 3.63) is 144 Å². The van der Waals surface area contributed by atoms with Gasteiger partial charge in [0.2, 0.25) is 0 Å². The molecule has 0 amide bonds. The van der Waals surface area contributed by atoms with Crippen LogP contribution in [0.15, 0.2) is 111 Å². The van der Waals surface area contributed by atoms with Crippen LogP contribution in [-0.4, -0.2) is 17.9 Å². The van der Waals surface area contributed by atoms with E-state index in [2.05, 4.69) is 19.7 Å². The van der Waals surface area contributed by atoms with E-state index < -0.39 is 17.9 Å². The van der Waals surface area contributed by atoms with Crippen LogP contribution in [0, 0.1) is 0 Å². The molecule has 7 heteroatoms. The molecule has 3 aromatic rings. The Morgan fingerprint density at radius 3 is 0.919 bits per heavy atom. The molecule has 0 aliphatic heterocycles. The number of benzene rings is 3. The van der Waals surface area contributed by atoms with E-state index in [1.165, 1.54) is 18.2 Å². The van der Waals surface area contributed by atoms with E-state index in [0.717, 1.165) is 16.7 Å². The second-order valence-electron chi connectivity index (χ2n) is 7.31. The Morgan fingerprint density at radius 1 is 0.514 bits per heavy atom. The molecule has 0 saturated heterocycles. The largest absolute Gasteiger partial charge is 3.00 e. The van der Waals surface area contributed by atoms with Gasteiger partial charge in [0.05, 0.1) is 17.9 Å². The molecule has 189 valence electrons. The van der Waals surface area contributed by atoms with Crippen molar-refractivity contribution in [3.63, 3.8) is 0 Å². The molecule has 6 nitrogen and oxygen atoms in total. The van der Waals surface area contributed by atoms with E-state index in [1.54, 1.807) is 72.8 Å². The molecule has 0 aliphatic rings. The minimum Gasteiger partial charge on any atom is -0.545 e. The molecule has 0 N–H and O–H groups in total. The van der Waals surface area contributed by atoms with Crippen LogP contribution in [0.3, 0.4) is 0 Å². The summed E-state index contributed by atoms with van der Waals surface area (Å²) in [5, 5.41) is 31.7. The minimum absolute atomic E-state index is 0. The van der Waals surface area contributed by atoms with Crippen molar-refractivity contribution in [2.24, 2.45) is 0 Å². The SMILES string of the molecule is C=CCc1ccccc1C(=O)[O-].C=CCc1ccccc1C(=O)[O-].C=CCc1ccccc1C(=O)[O-].[Cr+3]. The van der Waals surface area contributed by atoms with E-state index in [0.29, 0.717) is 19.3 Å². The maximum absolute atomic E-state index is 10.6. The second-order valence-corrected chi connectivity index (χ2v) is 7.31. The number of carboxylic acid groups (broad SMARTS) is 3. The topological polar surface area (TPSA) is 120 Å². The summed E-state index contributed by atoms with van der Waals surface area (Å²) in [7, 11) is 0. The maximum Gasteiger partial charge on any atom is 3.00 e. The van der Waals surface area contributed by atoms with Gasteiger partial charge in [0.1, 0.15) is 0 Å². The van der Waals surface area contributed by atoms with Crippen LogP contribution >= 0.6 is 0 Å². The van der Waals surface area contributed by atoms with Gasteiger partial charge < -0.3 is 29.7 Å². The van der Waals surface area contributed by atoms with E-state index >= 15 is 0 Å². The smallest absolute Gasteiger partial charge is 0.545 e. The number of carbonyl (C=O) groups excluding carboxylic acids is 3. The maximum atomic E-state index is 10.6. The van der Waals surface area contributed by atoms with Gasteiger partial charge in [-0.2, -0.15) is 0 Å². The van der Waals surface area contributed by atoms with Gasteiger partial charge in [0.25, 0.3) is 0 Å². The molecular weight excluding hydrogens is 508 g/mol. The second kappa shape index (κ2) is 18.1. The molecule has 0 fully saturated rings. The predicted octanol–water partition coefficient (Wildman–Crippen LogP) is 2.33. The van der Waals surface area contributed by atoms with E-state index in [4.69, 9.17) is 0 Å². The summed E-state index contributed by atoms with van der Waals surface area (Å²) in [4.78, 5) is 31.7. The molecule has 0 aromatic heterocycles. The van der Waals surface area contributed by atoms with E-state index in [-0.39, 0.29) is 34.1 Å². The van der Waals surface area contributed by atoms with E-state index in [1.807, 2.05) is 0 Å². The number of carbonyl (C=O) groups is 3. The van der Waals surface area contributed by atoms with Crippen molar-refractivity contribution in [1.82, 2.24) is 0 Å². The Morgan fingerprint density at radius 2 is 0.730 bits per heavy atom. The summed E-state index contributed by atoms with van der Waals surface area (Å²) in [5.41, 5.74) is 2.97. The molecule has 0 bridgehead atoms. The Balaban J connectivity index is 0.000000518. The zero-order chi connectivity index (χ0) is 26.9. The monoisotopic (exact) mass is 535 g/mol. The Bertz CT molecular complexity index is 1060. The van der Waals surface area contributed by atoms with Crippen LogP contribution in [0.25, 0.3) is 0 Å². The number of rotatable bonds is 9. The molecule has 37 heavy (non-hydrogen) atoms. The minimum atomic E-state index is -1.13. The average Bonchev–Trinajstić information content (AvgIpc) is 2.86. The van der Waals surface area contributed by atoms with Crippen LogP contribution < -0.4 is 15.3 Å². The number of carboxylic acids is 3. The first kappa shape index (κ1) is 32.8. The summed E-state index contributed by atoms with van der Waals surface area (Å²) in [5.74, 6) is -3.40. The summed E-state index contributed by atoms with van der Waals surface area (Å²) in [6.07, 6.45) is 6.68. The van der Waals surface area contributed by atoms with Gasteiger partial charge in [0, 0.05) is 16.7 Å². The van der Waals surface area contributed by atoms with Gasteiger partial charge in [-0.15, -0.1) is 19.7 Å². The van der Waals surface area contributed by atoms with Crippen LogP contribution in [0.4, 0.5) is 0 Å². The zero-order valence-corrected chi connectivity index (χ0v) is 21.5. The Hall–Kier alpha value is -4.18. The third-order valence-corrected chi connectivity index (χ3v) is 4.80. The Kier molecular flexibility index (Phi) is 16.1. The standard InChI is InChI=1S/3C10H10O2.Cr/c3*1-2-5-8-6-3-4-7-9(8)10(11)12;/h3*2-4,6-7H,1,5H2,(H,11,12);/q;;;+3/p-3. The van der Waals surface area contributed by atoms with Crippen molar-refractivity contribution in [2.45, 2.75) is 19.3 Å². The van der Waals surface area contributed by atoms with Crippen molar-refractivity contribution >= 4 is 17.9 Å². The van der Waals surface area contributed by atoms with Crippen molar-refractivity contribution in [3.8, 4) is 0 Å². The fraction of sp³-hybridized carbons (Fsp3) is 0.100. The zero-order valence-electron chi connectivity index (χ0n) is 20.3. The summed E-state index contributed by atoms with van der Waals surface area (Å²) in [6, 6.07) is 20.3. The summed E-state index contributed by atoms with van der Waals surface area (Å²) < 4.78 is 0. The third kappa shape index (κ3) is 11.4. The quantitative estimate of drug-likeness (QED) is 0.388. The number of hydrogen-bond donors (Lipinski definition) is 0. The molecule has 3 rings (SSSR count). The summed E-state index contributed by atoms with van der Waals surface area (Å²) >= 11 is 0. The Labute approximate surface area is 228 Å². The number of hydrogen-bond acceptors (Lipinski definition) is 6. The van der Waals surface area contributed by atoms with Gasteiger partial charge in [-0.1, -0.05) is 91.0 Å². The van der Waals surface area contributed by atoms with Gasteiger partial charge in [0.15, 0.2) is 0 Å². The van der Waals surface area contributed by atoms with Crippen molar-refractivity contribution in [1.29, 1.82) is 0 Å². The molecular formula is C30H27CrO6. The van der Waals surface area contributed by atoms with Crippen molar-refractivity contribution in [2.75, 3.05) is 0 Å². The number of aromatic carboxylic acids is 3. The first-order valence-corrected chi connectivity index (χ1v) is 11.0. The molecule has 1 radical (unpaired) electrons. The van der Waals surface area contributed by atoms with Crippen LogP contribution in [0.2, 0.25) is 0 Å². The molecule has 0 atom stereocenters. The van der Waals surface area contributed by atoms with Crippen LogP contribution in [-0.2, 0) is 36.6 Å². The fourth-order valence-electron chi connectivity index (χ4n) is 3.16. The first-order chi connectivity index (χ1) is 17.3. The normalized spacial score (nSPS) is 9.08. The first-order valence-electron chi connectivity index (χ1n) is 11.0. The van der Waals surface area contributed by atoms with Gasteiger partial charge in [-0.3, -0.25) is 0 Å². The molecule has 3 aromatic carbocycles. The fourth-order valence-corrected chi connectivity index (χ4v) is 3.16. The van der Waals surface area contributed by atoms with Crippen LogP contribution in [0.1, 0.15) is 47.8 Å². The molecule has 0 aliphatic carbocycles. The summed E-state index contributed by atoms with van der Waals surface area (Å²) in [6.45, 7) is 10.6. The van der Waals surface area contributed by atoms with Gasteiger partial charge >= 0.3 is 17.4 Å². The van der Waals surface area contributed by atoms with Crippen molar-refractivity contribution < 1.29 is 47.1 Å².